The molecule has 1 fully saturated rings. The highest BCUT2D eigenvalue weighted by Gasteiger charge is 2.03. The lowest BCUT2D eigenvalue weighted by atomic mass is 10.6. The topological polar surface area (TPSA) is 7.68 Å². The van der Waals surface area contributed by atoms with Crippen molar-refractivity contribution in [2.45, 2.75) is 0 Å². The first-order valence-electron chi connectivity index (χ1n) is 2.66. The highest BCUT2D eigenvalue weighted by Crippen LogP contribution is 1.82. The smallest absolute Gasteiger partial charge is 0.0645 e. The molecule has 1 rings (SSSR count). The normalized spacial score (nSPS) is 34.3. The Labute approximate surface area is 44.7 Å². The van der Waals surface area contributed by atoms with Gasteiger partial charge in [-0.25, -0.2) is 0 Å². The Morgan fingerprint density at radius 2 is 2.43 bits per heavy atom. The summed E-state index contributed by atoms with van der Waals surface area (Å²) < 4.78 is 0. The third-order valence-corrected chi connectivity index (χ3v) is 1.30. The van der Waals surface area contributed by atoms with Crippen molar-refractivity contribution in [1.29, 1.82) is 0 Å². The summed E-state index contributed by atoms with van der Waals surface area (Å²) in [6.45, 7) is 4.67. The van der Waals surface area contributed by atoms with Crippen LogP contribution in [0.25, 0.3) is 0 Å². The predicted molar refractivity (Wildman–Crippen MR) is 28.7 cm³/mol. The molecule has 0 aliphatic carbocycles. The first-order valence-corrected chi connectivity index (χ1v) is 2.66. The average Bonchev–Trinajstić information content (AvgIpc) is 1.87. The molecule has 0 aromatic heterocycles. The standard InChI is InChI=1S/C5H12N2/c1-6-3-4-7(2)5-6/h5-6H,3-4H2,1-2H3. The third-order valence-electron chi connectivity index (χ3n) is 1.30. The third kappa shape index (κ3) is 1.14. The Balaban J connectivity index is 2.26. The second kappa shape index (κ2) is 1.80. The van der Waals surface area contributed by atoms with Crippen molar-refractivity contribution in [2.24, 2.45) is 0 Å². The monoisotopic (exact) mass is 100 g/mol. The SMILES string of the molecule is CN1[CH-][NH+](C)CC1. The zero-order valence-electron chi connectivity index (χ0n) is 4.94. The summed E-state index contributed by atoms with van der Waals surface area (Å²) in [5, 5.41) is 0. The molecule has 42 valence electrons. The minimum atomic E-state index is 1.21. The maximum absolute atomic E-state index is 2.22. The number of nitrogens with one attached hydrogen (secondary N) is 1. The van der Waals surface area contributed by atoms with Crippen LogP contribution in [-0.4, -0.2) is 32.1 Å². The van der Waals surface area contributed by atoms with E-state index in [1.54, 1.807) is 0 Å². The van der Waals surface area contributed by atoms with Crippen LogP contribution in [0.3, 0.4) is 0 Å². The molecule has 0 radical (unpaired) electrons. The van der Waals surface area contributed by atoms with E-state index in [9.17, 15) is 0 Å². The molecule has 0 aromatic carbocycles. The van der Waals surface area contributed by atoms with Crippen LogP contribution in [-0.2, 0) is 0 Å². The van der Waals surface area contributed by atoms with Crippen LogP contribution in [0.15, 0.2) is 0 Å². The first kappa shape index (κ1) is 5.06. The van der Waals surface area contributed by atoms with Gasteiger partial charge in [0.05, 0.1) is 6.54 Å². The summed E-state index contributed by atoms with van der Waals surface area (Å²) in [6.07, 6.45) is 0. The van der Waals surface area contributed by atoms with E-state index in [0.29, 0.717) is 0 Å². The summed E-state index contributed by atoms with van der Waals surface area (Å²) in [7, 11) is 4.28. The van der Waals surface area contributed by atoms with Crippen LogP contribution >= 0.6 is 0 Å². The number of rotatable bonds is 0. The van der Waals surface area contributed by atoms with E-state index in [1.165, 1.54) is 18.0 Å². The molecule has 0 spiro atoms. The molecule has 0 bridgehead atoms. The van der Waals surface area contributed by atoms with E-state index >= 15 is 0 Å². The number of likely N-dealkylation sites (N-methyl/N-ethyl adjacent to an activating group) is 2. The van der Waals surface area contributed by atoms with Gasteiger partial charge in [0.1, 0.15) is 0 Å². The fourth-order valence-electron chi connectivity index (χ4n) is 0.858. The summed E-state index contributed by atoms with van der Waals surface area (Å²) in [5.41, 5.74) is 0. The van der Waals surface area contributed by atoms with E-state index in [4.69, 9.17) is 0 Å². The van der Waals surface area contributed by atoms with E-state index in [-0.39, 0.29) is 0 Å². The maximum atomic E-state index is 2.22. The van der Waals surface area contributed by atoms with Crippen molar-refractivity contribution < 1.29 is 4.90 Å². The molecule has 0 amide bonds. The number of hydrogen-bond acceptors (Lipinski definition) is 1. The highest BCUT2D eigenvalue weighted by atomic mass is 15.3. The molecule has 7 heavy (non-hydrogen) atoms. The first-order chi connectivity index (χ1) is 3.29. The number of nitrogens with zero attached hydrogens (tertiary/aromatic N) is 1. The fourth-order valence-corrected chi connectivity index (χ4v) is 0.858. The molecular weight excluding hydrogens is 88.1 g/mol. The van der Waals surface area contributed by atoms with Gasteiger partial charge in [-0.2, -0.15) is 0 Å². The molecule has 1 N–H and O–H groups in total. The Kier molecular flexibility index (Phi) is 1.30. The molecule has 1 saturated heterocycles. The minimum absolute atomic E-state index is 1.21. The quantitative estimate of drug-likeness (QED) is 0.367. The highest BCUT2D eigenvalue weighted by molar-refractivity contribution is 4.56. The van der Waals surface area contributed by atoms with Gasteiger partial charge in [-0.15, -0.1) is 0 Å². The second-order valence-electron chi connectivity index (χ2n) is 2.21. The van der Waals surface area contributed by atoms with Crippen molar-refractivity contribution in [1.82, 2.24) is 4.90 Å². The molecule has 0 aromatic rings. The molecule has 1 aliphatic heterocycles. The summed E-state index contributed by atoms with van der Waals surface area (Å²) in [6, 6.07) is 0. The molecule has 2 heteroatoms. The van der Waals surface area contributed by atoms with E-state index in [2.05, 4.69) is 25.7 Å². The lowest BCUT2D eigenvalue weighted by Crippen LogP contribution is -3.04. The van der Waals surface area contributed by atoms with Gasteiger partial charge in [-0.3, -0.25) is 0 Å². The van der Waals surface area contributed by atoms with Gasteiger partial charge in [0.2, 0.25) is 0 Å². The van der Waals surface area contributed by atoms with Crippen LogP contribution in [0.2, 0.25) is 0 Å². The van der Waals surface area contributed by atoms with E-state index < -0.39 is 0 Å². The van der Waals surface area contributed by atoms with E-state index in [1.807, 2.05) is 0 Å². The van der Waals surface area contributed by atoms with Gasteiger partial charge in [0.25, 0.3) is 0 Å². The van der Waals surface area contributed by atoms with Crippen LogP contribution in [0.5, 0.6) is 0 Å². The Morgan fingerprint density at radius 1 is 1.71 bits per heavy atom. The summed E-state index contributed by atoms with van der Waals surface area (Å²) in [5.74, 6) is 0. The summed E-state index contributed by atoms with van der Waals surface area (Å²) in [4.78, 5) is 3.72. The fraction of sp³-hybridized carbons (Fsp3) is 0.800. The predicted octanol–water partition coefficient (Wildman–Crippen LogP) is -1.43. The van der Waals surface area contributed by atoms with Crippen LogP contribution in [0.1, 0.15) is 0 Å². The van der Waals surface area contributed by atoms with Gasteiger partial charge in [-0.1, -0.05) is 6.67 Å². The van der Waals surface area contributed by atoms with Crippen molar-refractivity contribution in [3.05, 3.63) is 6.67 Å². The van der Waals surface area contributed by atoms with Gasteiger partial charge in [0.15, 0.2) is 0 Å². The largest absolute Gasteiger partial charge is 0.455 e. The molecule has 1 aliphatic rings. The molecule has 0 saturated carbocycles. The lowest BCUT2D eigenvalue weighted by molar-refractivity contribution is -0.839. The molecule has 1 atom stereocenters. The van der Waals surface area contributed by atoms with Crippen molar-refractivity contribution in [3.8, 4) is 0 Å². The van der Waals surface area contributed by atoms with Crippen LogP contribution in [0, 0.1) is 6.67 Å². The van der Waals surface area contributed by atoms with Crippen molar-refractivity contribution in [3.63, 3.8) is 0 Å². The molecular formula is C5H12N2. The number of hydrogen-bond donors (Lipinski definition) is 1. The molecule has 1 heterocycles. The average molecular weight is 100 g/mol. The second-order valence-corrected chi connectivity index (χ2v) is 2.21. The Bertz CT molecular complexity index is 55.1. The zero-order chi connectivity index (χ0) is 5.28. The maximum Gasteiger partial charge on any atom is 0.0645 e. The van der Waals surface area contributed by atoms with Gasteiger partial charge in [0, 0.05) is 13.6 Å². The van der Waals surface area contributed by atoms with Gasteiger partial charge >= 0.3 is 0 Å². The van der Waals surface area contributed by atoms with Gasteiger partial charge < -0.3 is 9.80 Å². The minimum Gasteiger partial charge on any atom is -0.455 e. The zero-order valence-corrected chi connectivity index (χ0v) is 4.94. The Morgan fingerprint density at radius 3 is 2.57 bits per heavy atom. The summed E-state index contributed by atoms with van der Waals surface area (Å²) >= 11 is 0. The van der Waals surface area contributed by atoms with Crippen molar-refractivity contribution in [2.75, 3.05) is 27.2 Å². The van der Waals surface area contributed by atoms with Gasteiger partial charge in [-0.05, 0) is 7.05 Å². The van der Waals surface area contributed by atoms with Crippen molar-refractivity contribution >= 4 is 0 Å². The Hall–Kier alpha value is -0.0800. The number of quaternary nitrogens is 1. The van der Waals surface area contributed by atoms with Crippen LogP contribution in [0.4, 0.5) is 0 Å². The van der Waals surface area contributed by atoms with E-state index in [0.717, 1.165) is 0 Å². The van der Waals surface area contributed by atoms with Crippen LogP contribution < -0.4 is 4.90 Å². The molecule has 1 unspecified atom stereocenters. The molecule has 2 nitrogen and oxygen atoms in total. The lowest BCUT2D eigenvalue weighted by Gasteiger charge is -2.16.